The molecule has 0 aliphatic carbocycles. The Morgan fingerprint density at radius 3 is 2.20 bits per heavy atom. The Balaban J connectivity index is 3.95. The zero-order valence-electron chi connectivity index (χ0n) is 10.6. The number of nitrogens with zero attached hydrogens (tertiary/aromatic N) is 2. The lowest BCUT2D eigenvalue weighted by Crippen LogP contribution is -2.38. The molecule has 0 fully saturated rings. The van der Waals surface area contributed by atoms with Crippen molar-refractivity contribution in [2.75, 3.05) is 33.2 Å². The van der Waals surface area contributed by atoms with E-state index < -0.39 is 0 Å². The fourth-order valence-corrected chi connectivity index (χ4v) is 1.10. The van der Waals surface area contributed by atoms with Gasteiger partial charge in [0, 0.05) is 19.6 Å². The standard InChI is InChI=1S/C11H24N2O2/c1-6-12(5)8-9-13(7-2)11(14)15-10(3)4/h10H,6-9H2,1-5H3. The van der Waals surface area contributed by atoms with Crippen molar-refractivity contribution in [3.63, 3.8) is 0 Å². The van der Waals surface area contributed by atoms with Gasteiger partial charge in [0.05, 0.1) is 6.10 Å². The van der Waals surface area contributed by atoms with Crippen molar-refractivity contribution >= 4 is 6.09 Å². The summed E-state index contributed by atoms with van der Waals surface area (Å²) in [7, 11) is 2.04. The maximum absolute atomic E-state index is 11.6. The SMILES string of the molecule is CCN(C)CCN(CC)C(=O)OC(C)C. The summed E-state index contributed by atoms with van der Waals surface area (Å²) in [4.78, 5) is 15.5. The monoisotopic (exact) mass is 216 g/mol. The second kappa shape index (κ2) is 7.51. The molecule has 4 nitrogen and oxygen atoms in total. The van der Waals surface area contributed by atoms with Crippen molar-refractivity contribution < 1.29 is 9.53 Å². The molecular formula is C11H24N2O2. The van der Waals surface area contributed by atoms with Gasteiger partial charge in [-0.05, 0) is 34.4 Å². The molecule has 0 aliphatic heterocycles. The maximum atomic E-state index is 11.6. The molecule has 0 heterocycles. The van der Waals surface area contributed by atoms with Gasteiger partial charge in [0.2, 0.25) is 0 Å². The first-order valence-electron chi connectivity index (χ1n) is 5.65. The predicted octanol–water partition coefficient (Wildman–Crippen LogP) is 1.80. The fraction of sp³-hybridized carbons (Fsp3) is 0.909. The Kier molecular flexibility index (Phi) is 7.13. The Morgan fingerprint density at radius 1 is 1.20 bits per heavy atom. The highest BCUT2D eigenvalue weighted by Crippen LogP contribution is 1.98. The number of hydrogen-bond acceptors (Lipinski definition) is 3. The summed E-state index contributed by atoms with van der Waals surface area (Å²) in [5.74, 6) is 0. The third-order valence-corrected chi connectivity index (χ3v) is 2.27. The summed E-state index contributed by atoms with van der Waals surface area (Å²) >= 11 is 0. The number of carbonyl (C=O) groups is 1. The highest BCUT2D eigenvalue weighted by molar-refractivity contribution is 5.67. The number of ether oxygens (including phenoxy) is 1. The lowest BCUT2D eigenvalue weighted by Gasteiger charge is -2.24. The topological polar surface area (TPSA) is 32.8 Å². The lowest BCUT2D eigenvalue weighted by molar-refractivity contribution is 0.0759. The number of amides is 1. The molecule has 0 saturated heterocycles. The second-order valence-corrected chi connectivity index (χ2v) is 3.91. The molecule has 0 rings (SSSR count). The molecule has 0 radical (unpaired) electrons. The van der Waals surface area contributed by atoms with Crippen molar-refractivity contribution in [3.05, 3.63) is 0 Å². The first-order valence-corrected chi connectivity index (χ1v) is 5.65. The summed E-state index contributed by atoms with van der Waals surface area (Å²) in [5, 5.41) is 0. The molecular weight excluding hydrogens is 192 g/mol. The highest BCUT2D eigenvalue weighted by Gasteiger charge is 2.14. The minimum absolute atomic E-state index is 0.0459. The van der Waals surface area contributed by atoms with Gasteiger partial charge in [-0.1, -0.05) is 6.92 Å². The normalized spacial score (nSPS) is 10.9. The van der Waals surface area contributed by atoms with Gasteiger partial charge in [0.25, 0.3) is 0 Å². The van der Waals surface area contributed by atoms with Gasteiger partial charge in [-0.25, -0.2) is 4.79 Å². The smallest absolute Gasteiger partial charge is 0.410 e. The molecule has 0 saturated carbocycles. The van der Waals surface area contributed by atoms with Gasteiger partial charge in [-0.2, -0.15) is 0 Å². The molecule has 0 bridgehead atoms. The van der Waals surface area contributed by atoms with Crippen LogP contribution in [0.4, 0.5) is 4.79 Å². The molecule has 90 valence electrons. The Labute approximate surface area is 93.2 Å². The highest BCUT2D eigenvalue weighted by atomic mass is 16.6. The summed E-state index contributed by atoms with van der Waals surface area (Å²) in [5.41, 5.74) is 0. The average molecular weight is 216 g/mol. The van der Waals surface area contributed by atoms with Crippen LogP contribution in [0.2, 0.25) is 0 Å². The van der Waals surface area contributed by atoms with Gasteiger partial charge in [0.15, 0.2) is 0 Å². The van der Waals surface area contributed by atoms with Crippen molar-refractivity contribution in [1.29, 1.82) is 0 Å². The van der Waals surface area contributed by atoms with Crippen LogP contribution >= 0.6 is 0 Å². The van der Waals surface area contributed by atoms with Crippen molar-refractivity contribution in [1.82, 2.24) is 9.80 Å². The molecule has 0 N–H and O–H groups in total. The molecule has 0 spiro atoms. The summed E-state index contributed by atoms with van der Waals surface area (Å²) in [6.07, 6.45) is -0.257. The van der Waals surface area contributed by atoms with E-state index in [4.69, 9.17) is 4.74 Å². The molecule has 0 aromatic carbocycles. The Hall–Kier alpha value is -0.770. The van der Waals surface area contributed by atoms with Crippen LogP contribution in [0.25, 0.3) is 0 Å². The third kappa shape index (κ3) is 6.33. The minimum Gasteiger partial charge on any atom is -0.447 e. The molecule has 4 heteroatoms. The Morgan fingerprint density at radius 2 is 1.80 bits per heavy atom. The number of rotatable bonds is 6. The van der Waals surface area contributed by atoms with Crippen LogP contribution in [0, 0.1) is 0 Å². The van der Waals surface area contributed by atoms with E-state index in [0.29, 0.717) is 6.54 Å². The van der Waals surface area contributed by atoms with Crippen LogP contribution in [0.1, 0.15) is 27.7 Å². The van der Waals surface area contributed by atoms with Gasteiger partial charge in [0.1, 0.15) is 0 Å². The first kappa shape index (κ1) is 14.2. The predicted molar refractivity (Wildman–Crippen MR) is 62.0 cm³/mol. The minimum atomic E-state index is -0.211. The van der Waals surface area contributed by atoms with E-state index >= 15 is 0 Å². The van der Waals surface area contributed by atoms with Crippen molar-refractivity contribution in [2.24, 2.45) is 0 Å². The van der Waals surface area contributed by atoms with Crippen LogP contribution in [-0.4, -0.2) is 55.2 Å². The van der Waals surface area contributed by atoms with Crippen molar-refractivity contribution in [2.45, 2.75) is 33.8 Å². The Bertz CT molecular complexity index is 183. The number of likely N-dealkylation sites (N-methyl/N-ethyl adjacent to an activating group) is 2. The van der Waals surface area contributed by atoms with Crippen LogP contribution in [-0.2, 0) is 4.74 Å². The van der Waals surface area contributed by atoms with Gasteiger partial charge in [-0.3, -0.25) is 0 Å². The van der Waals surface area contributed by atoms with Crippen molar-refractivity contribution in [3.8, 4) is 0 Å². The molecule has 0 aliphatic rings. The van der Waals surface area contributed by atoms with E-state index in [0.717, 1.165) is 19.6 Å². The van der Waals surface area contributed by atoms with Crippen LogP contribution < -0.4 is 0 Å². The average Bonchev–Trinajstić information content (AvgIpc) is 2.17. The molecule has 0 atom stereocenters. The fourth-order valence-electron chi connectivity index (χ4n) is 1.10. The van der Waals surface area contributed by atoms with Gasteiger partial charge >= 0.3 is 6.09 Å². The zero-order valence-corrected chi connectivity index (χ0v) is 10.6. The summed E-state index contributed by atoms with van der Waals surface area (Å²) in [6.45, 7) is 11.1. The van der Waals surface area contributed by atoms with Crippen LogP contribution in [0.3, 0.4) is 0 Å². The molecule has 0 aromatic heterocycles. The zero-order chi connectivity index (χ0) is 11.8. The molecule has 1 amide bonds. The van der Waals surface area contributed by atoms with Crippen LogP contribution in [0.5, 0.6) is 0 Å². The van der Waals surface area contributed by atoms with Gasteiger partial charge in [-0.15, -0.1) is 0 Å². The maximum Gasteiger partial charge on any atom is 0.410 e. The third-order valence-electron chi connectivity index (χ3n) is 2.27. The molecule has 0 unspecified atom stereocenters. The van der Waals surface area contributed by atoms with E-state index in [1.54, 1.807) is 4.90 Å². The summed E-state index contributed by atoms with van der Waals surface area (Å²) < 4.78 is 5.14. The van der Waals surface area contributed by atoms with E-state index in [1.165, 1.54) is 0 Å². The largest absolute Gasteiger partial charge is 0.447 e. The second-order valence-electron chi connectivity index (χ2n) is 3.91. The van der Waals surface area contributed by atoms with E-state index in [1.807, 2.05) is 27.8 Å². The number of carbonyl (C=O) groups excluding carboxylic acids is 1. The molecule has 0 aromatic rings. The van der Waals surface area contributed by atoms with E-state index in [2.05, 4.69) is 11.8 Å². The molecule has 15 heavy (non-hydrogen) atoms. The van der Waals surface area contributed by atoms with E-state index in [-0.39, 0.29) is 12.2 Å². The van der Waals surface area contributed by atoms with Gasteiger partial charge < -0.3 is 14.5 Å². The quantitative estimate of drug-likeness (QED) is 0.679. The first-order chi connectivity index (χ1) is 7.01. The lowest BCUT2D eigenvalue weighted by atomic mass is 10.4. The van der Waals surface area contributed by atoms with E-state index in [9.17, 15) is 4.79 Å². The van der Waals surface area contributed by atoms with Crippen LogP contribution in [0.15, 0.2) is 0 Å². The number of hydrogen-bond donors (Lipinski definition) is 0. The summed E-state index contributed by atoms with van der Waals surface area (Å²) in [6, 6.07) is 0.